The van der Waals surface area contributed by atoms with Crippen molar-refractivity contribution < 1.29 is 0 Å². The number of nitrogens with zero attached hydrogens (tertiary/aromatic N) is 3. The molecule has 1 saturated heterocycles. The smallest absolute Gasteiger partial charge is 0.197 e. The summed E-state index contributed by atoms with van der Waals surface area (Å²) in [4.78, 5) is 10.6. The van der Waals surface area contributed by atoms with Crippen molar-refractivity contribution in [1.82, 2.24) is 14.8 Å². The van der Waals surface area contributed by atoms with Crippen molar-refractivity contribution in [3.63, 3.8) is 0 Å². The van der Waals surface area contributed by atoms with Crippen molar-refractivity contribution in [3.8, 4) is 0 Å². The second kappa shape index (κ2) is 4.89. The third-order valence-electron chi connectivity index (χ3n) is 3.53. The first-order chi connectivity index (χ1) is 8.35. The van der Waals surface area contributed by atoms with Gasteiger partial charge in [-0.1, -0.05) is 11.3 Å². The van der Waals surface area contributed by atoms with E-state index in [0.717, 1.165) is 17.7 Å². The predicted molar refractivity (Wildman–Crippen MR) is 69.8 cm³/mol. The number of piperazine rings is 1. The van der Waals surface area contributed by atoms with Crippen LogP contribution in [0.4, 0.5) is 5.13 Å². The highest BCUT2D eigenvalue weighted by Crippen LogP contribution is 2.28. The highest BCUT2D eigenvalue weighted by atomic mass is 32.1. The summed E-state index contributed by atoms with van der Waals surface area (Å²) in [6.45, 7) is 5.83. The SMILES string of the molecule is NNc1ncc(CN2CCN(C3CC3)CC2)s1. The molecule has 2 heterocycles. The fraction of sp³-hybridized carbons (Fsp3) is 0.727. The van der Waals surface area contributed by atoms with Gasteiger partial charge in [0, 0.05) is 49.8 Å². The van der Waals surface area contributed by atoms with Crippen LogP contribution in [0.3, 0.4) is 0 Å². The van der Waals surface area contributed by atoms with Crippen molar-refractivity contribution in [2.75, 3.05) is 31.6 Å². The molecule has 1 aliphatic carbocycles. The molecule has 0 aromatic carbocycles. The molecule has 2 aliphatic rings. The number of anilines is 1. The molecule has 1 aromatic heterocycles. The van der Waals surface area contributed by atoms with Crippen LogP contribution in [0.2, 0.25) is 0 Å². The molecule has 1 aliphatic heterocycles. The Balaban J connectivity index is 1.49. The van der Waals surface area contributed by atoms with Crippen LogP contribution < -0.4 is 11.3 Å². The lowest BCUT2D eigenvalue weighted by Gasteiger charge is -2.34. The molecule has 0 amide bonds. The maximum atomic E-state index is 5.33. The molecule has 5 nitrogen and oxygen atoms in total. The lowest BCUT2D eigenvalue weighted by molar-refractivity contribution is 0.122. The van der Waals surface area contributed by atoms with E-state index in [-0.39, 0.29) is 0 Å². The second-order valence-electron chi connectivity index (χ2n) is 4.82. The summed E-state index contributed by atoms with van der Waals surface area (Å²) < 4.78 is 0. The second-order valence-corrected chi connectivity index (χ2v) is 5.93. The molecule has 1 saturated carbocycles. The zero-order valence-corrected chi connectivity index (χ0v) is 10.7. The van der Waals surface area contributed by atoms with E-state index in [1.807, 2.05) is 6.20 Å². The van der Waals surface area contributed by atoms with Gasteiger partial charge in [0.05, 0.1) is 0 Å². The summed E-state index contributed by atoms with van der Waals surface area (Å²) in [7, 11) is 0. The largest absolute Gasteiger partial charge is 0.300 e. The molecule has 17 heavy (non-hydrogen) atoms. The molecule has 0 unspecified atom stereocenters. The Hall–Kier alpha value is -0.690. The number of nitrogens with one attached hydrogen (secondary N) is 1. The topological polar surface area (TPSA) is 57.4 Å². The van der Waals surface area contributed by atoms with Crippen LogP contribution in [0.1, 0.15) is 17.7 Å². The minimum absolute atomic E-state index is 0.802. The van der Waals surface area contributed by atoms with Gasteiger partial charge in [-0.2, -0.15) is 0 Å². The summed E-state index contributed by atoms with van der Waals surface area (Å²) in [6.07, 6.45) is 4.76. The summed E-state index contributed by atoms with van der Waals surface area (Å²) in [5, 5.41) is 0.802. The van der Waals surface area contributed by atoms with E-state index in [1.165, 1.54) is 43.9 Å². The van der Waals surface area contributed by atoms with Crippen LogP contribution in [-0.4, -0.2) is 47.0 Å². The minimum Gasteiger partial charge on any atom is -0.300 e. The van der Waals surface area contributed by atoms with E-state index in [9.17, 15) is 0 Å². The average Bonchev–Trinajstić information content (AvgIpc) is 3.11. The highest BCUT2D eigenvalue weighted by Gasteiger charge is 2.31. The Morgan fingerprint density at radius 2 is 2.12 bits per heavy atom. The number of nitrogens with two attached hydrogens (primary N) is 1. The number of hydrogen-bond acceptors (Lipinski definition) is 6. The van der Waals surface area contributed by atoms with Crippen LogP contribution in [-0.2, 0) is 6.54 Å². The van der Waals surface area contributed by atoms with Gasteiger partial charge < -0.3 is 0 Å². The molecule has 0 radical (unpaired) electrons. The van der Waals surface area contributed by atoms with Crippen molar-refractivity contribution in [2.24, 2.45) is 5.84 Å². The van der Waals surface area contributed by atoms with Gasteiger partial charge in [0.1, 0.15) is 0 Å². The van der Waals surface area contributed by atoms with Gasteiger partial charge in [-0.15, -0.1) is 0 Å². The fourth-order valence-corrected chi connectivity index (χ4v) is 3.16. The number of rotatable bonds is 4. The zero-order valence-electron chi connectivity index (χ0n) is 9.93. The van der Waals surface area contributed by atoms with Crippen LogP contribution >= 0.6 is 11.3 Å². The number of aromatic nitrogens is 1. The third kappa shape index (κ3) is 2.77. The molecular formula is C11H19N5S. The summed E-state index contributed by atoms with van der Waals surface area (Å²) in [5.74, 6) is 5.33. The summed E-state index contributed by atoms with van der Waals surface area (Å²) >= 11 is 1.64. The van der Waals surface area contributed by atoms with E-state index in [0.29, 0.717) is 0 Å². The number of hydrogen-bond donors (Lipinski definition) is 2. The van der Waals surface area contributed by atoms with Crippen LogP contribution in [0, 0.1) is 0 Å². The van der Waals surface area contributed by atoms with Crippen molar-refractivity contribution >= 4 is 16.5 Å². The van der Waals surface area contributed by atoms with Crippen molar-refractivity contribution in [1.29, 1.82) is 0 Å². The molecule has 6 heteroatoms. The normalized spacial score (nSPS) is 22.9. The van der Waals surface area contributed by atoms with Crippen molar-refractivity contribution in [2.45, 2.75) is 25.4 Å². The Kier molecular flexibility index (Phi) is 3.28. The minimum atomic E-state index is 0.802. The fourth-order valence-electron chi connectivity index (χ4n) is 2.39. The molecule has 0 bridgehead atoms. The summed E-state index contributed by atoms with van der Waals surface area (Å²) in [6, 6.07) is 0.911. The van der Waals surface area contributed by atoms with Gasteiger partial charge >= 0.3 is 0 Å². The van der Waals surface area contributed by atoms with E-state index < -0.39 is 0 Å². The lowest BCUT2D eigenvalue weighted by atomic mass is 10.3. The molecular weight excluding hydrogens is 234 g/mol. The standard InChI is InChI=1S/C11H19N5S/c12-14-11-13-7-10(17-11)8-15-3-5-16(6-4-15)9-1-2-9/h7,9H,1-6,8,12H2,(H,13,14). The number of hydrazine groups is 1. The Bertz CT molecular complexity index is 368. The van der Waals surface area contributed by atoms with E-state index in [2.05, 4.69) is 20.2 Å². The molecule has 2 fully saturated rings. The van der Waals surface area contributed by atoms with Crippen LogP contribution in [0.25, 0.3) is 0 Å². The maximum Gasteiger partial charge on any atom is 0.197 e. The highest BCUT2D eigenvalue weighted by molar-refractivity contribution is 7.15. The maximum absolute atomic E-state index is 5.33. The lowest BCUT2D eigenvalue weighted by Crippen LogP contribution is -2.46. The molecule has 1 aromatic rings. The number of nitrogen functional groups attached to an aromatic ring is 1. The van der Waals surface area contributed by atoms with Gasteiger partial charge in [-0.05, 0) is 12.8 Å². The first kappa shape index (κ1) is 11.4. The van der Waals surface area contributed by atoms with Gasteiger partial charge in [0.2, 0.25) is 0 Å². The first-order valence-electron chi connectivity index (χ1n) is 6.23. The number of thiazole rings is 1. The third-order valence-corrected chi connectivity index (χ3v) is 4.44. The summed E-state index contributed by atoms with van der Waals surface area (Å²) in [5.41, 5.74) is 2.60. The van der Waals surface area contributed by atoms with Gasteiger partial charge in [-0.3, -0.25) is 15.2 Å². The Morgan fingerprint density at radius 1 is 1.35 bits per heavy atom. The molecule has 3 rings (SSSR count). The Morgan fingerprint density at radius 3 is 2.71 bits per heavy atom. The van der Waals surface area contributed by atoms with Crippen molar-refractivity contribution in [3.05, 3.63) is 11.1 Å². The molecule has 3 N–H and O–H groups in total. The van der Waals surface area contributed by atoms with Crippen LogP contribution in [0.15, 0.2) is 6.20 Å². The van der Waals surface area contributed by atoms with Gasteiger partial charge in [0.15, 0.2) is 5.13 Å². The average molecular weight is 253 g/mol. The monoisotopic (exact) mass is 253 g/mol. The quantitative estimate of drug-likeness (QED) is 0.611. The van der Waals surface area contributed by atoms with Crippen LogP contribution in [0.5, 0.6) is 0 Å². The zero-order chi connectivity index (χ0) is 11.7. The Labute approximate surface area is 106 Å². The van der Waals surface area contributed by atoms with Gasteiger partial charge in [0.25, 0.3) is 0 Å². The molecule has 0 spiro atoms. The van der Waals surface area contributed by atoms with E-state index >= 15 is 0 Å². The molecule has 0 atom stereocenters. The van der Waals surface area contributed by atoms with E-state index in [4.69, 9.17) is 5.84 Å². The molecule has 94 valence electrons. The van der Waals surface area contributed by atoms with E-state index in [1.54, 1.807) is 11.3 Å². The first-order valence-corrected chi connectivity index (χ1v) is 7.04. The predicted octanol–water partition coefficient (Wildman–Crippen LogP) is 0.709. The van der Waals surface area contributed by atoms with Gasteiger partial charge in [-0.25, -0.2) is 10.8 Å².